The van der Waals surface area contributed by atoms with E-state index in [4.69, 9.17) is 14.0 Å². The lowest BCUT2D eigenvalue weighted by Crippen LogP contribution is -2.24. The first-order valence-electron chi connectivity index (χ1n) is 9.65. The number of nitrogens with zero attached hydrogens (tertiary/aromatic N) is 3. The summed E-state index contributed by atoms with van der Waals surface area (Å²) in [6.07, 6.45) is 1.86. The summed E-state index contributed by atoms with van der Waals surface area (Å²) in [7, 11) is -1.23. The van der Waals surface area contributed by atoms with Gasteiger partial charge in [0.05, 0.1) is 24.0 Å². The molecule has 1 aromatic heterocycles. The molecule has 0 bridgehead atoms. The quantitative estimate of drug-likeness (QED) is 0.376. The predicted octanol–water partition coefficient (Wildman–Crippen LogP) is 3.02. The minimum atomic E-state index is -4.19. The standard InChI is InChI=1S/C20H20N4O7S/c1-29-15-7-5-13(17(10-15)30-2)11-21-32(27,28)18-9-14(24(25)26)6-8-16(18)19-22-20(31-23-19)12-3-4-12/h5-10,12,21H,3-4,11H2,1-2H3. The normalized spacial score (nSPS) is 13.7. The number of methoxy groups -OCH3 is 2. The first-order valence-corrected chi connectivity index (χ1v) is 11.1. The summed E-state index contributed by atoms with van der Waals surface area (Å²) in [5.41, 5.74) is 0.293. The molecule has 0 aliphatic heterocycles. The molecule has 0 atom stereocenters. The second-order valence-electron chi connectivity index (χ2n) is 7.17. The minimum Gasteiger partial charge on any atom is -0.497 e. The predicted molar refractivity (Wildman–Crippen MR) is 112 cm³/mol. The molecule has 0 unspecified atom stereocenters. The topological polar surface area (TPSA) is 147 Å². The van der Waals surface area contributed by atoms with Crippen LogP contribution in [0.2, 0.25) is 0 Å². The third kappa shape index (κ3) is 4.41. The molecule has 12 heteroatoms. The SMILES string of the molecule is COc1ccc(CNS(=O)(=O)c2cc([N+](=O)[O-])ccc2-c2noc(C3CC3)n2)c(OC)c1. The van der Waals surface area contributed by atoms with Gasteiger partial charge < -0.3 is 14.0 Å². The molecule has 2 aromatic carbocycles. The maximum Gasteiger partial charge on any atom is 0.270 e. The van der Waals surface area contributed by atoms with E-state index in [-0.39, 0.29) is 34.4 Å². The highest BCUT2D eigenvalue weighted by Gasteiger charge is 2.31. The maximum absolute atomic E-state index is 13.2. The summed E-state index contributed by atoms with van der Waals surface area (Å²) in [5.74, 6) is 1.65. The molecule has 1 aliphatic rings. The number of hydrogen-bond acceptors (Lipinski definition) is 9. The summed E-state index contributed by atoms with van der Waals surface area (Å²) in [4.78, 5) is 14.6. The van der Waals surface area contributed by atoms with Crippen molar-refractivity contribution in [3.8, 4) is 22.9 Å². The zero-order valence-electron chi connectivity index (χ0n) is 17.3. The highest BCUT2D eigenvalue weighted by molar-refractivity contribution is 7.89. The molecular formula is C20H20N4O7S. The van der Waals surface area contributed by atoms with Crippen LogP contribution in [0.1, 0.15) is 30.2 Å². The van der Waals surface area contributed by atoms with E-state index < -0.39 is 14.9 Å². The molecule has 0 spiro atoms. The van der Waals surface area contributed by atoms with Gasteiger partial charge in [-0.05, 0) is 25.0 Å². The van der Waals surface area contributed by atoms with Crippen LogP contribution >= 0.6 is 0 Å². The number of nitro benzene ring substituents is 1. The van der Waals surface area contributed by atoms with Crippen molar-refractivity contribution in [2.45, 2.75) is 30.2 Å². The Kier molecular flexibility index (Phi) is 5.80. The van der Waals surface area contributed by atoms with E-state index in [1.165, 1.54) is 26.4 Å². The number of hydrogen-bond donors (Lipinski definition) is 1. The van der Waals surface area contributed by atoms with Crippen molar-refractivity contribution in [1.82, 2.24) is 14.9 Å². The van der Waals surface area contributed by atoms with Crippen LogP contribution in [0.15, 0.2) is 45.8 Å². The van der Waals surface area contributed by atoms with E-state index in [0.717, 1.165) is 18.9 Å². The smallest absolute Gasteiger partial charge is 0.270 e. The molecule has 3 aromatic rings. The molecule has 1 saturated carbocycles. The van der Waals surface area contributed by atoms with Crippen molar-refractivity contribution in [2.24, 2.45) is 0 Å². The van der Waals surface area contributed by atoms with Crippen molar-refractivity contribution in [3.63, 3.8) is 0 Å². The highest BCUT2D eigenvalue weighted by Crippen LogP contribution is 2.40. The third-order valence-electron chi connectivity index (χ3n) is 5.02. The van der Waals surface area contributed by atoms with Gasteiger partial charge in [0, 0.05) is 41.8 Å². The highest BCUT2D eigenvalue weighted by atomic mass is 32.2. The molecular weight excluding hydrogens is 440 g/mol. The van der Waals surface area contributed by atoms with Crippen LogP contribution in [0.3, 0.4) is 0 Å². The molecule has 0 amide bonds. The summed E-state index contributed by atoms with van der Waals surface area (Å²) < 4.78 is 44.5. The number of non-ortho nitro benzene ring substituents is 1. The number of benzene rings is 2. The molecule has 4 rings (SSSR count). The van der Waals surface area contributed by atoms with E-state index in [2.05, 4.69) is 14.9 Å². The van der Waals surface area contributed by atoms with Gasteiger partial charge in [-0.3, -0.25) is 10.1 Å². The van der Waals surface area contributed by atoms with E-state index in [0.29, 0.717) is 23.0 Å². The van der Waals surface area contributed by atoms with Crippen LogP contribution in [0, 0.1) is 10.1 Å². The average Bonchev–Trinajstić information content (AvgIpc) is 3.53. The van der Waals surface area contributed by atoms with Crippen LogP contribution in [-0.2, 0) is 16.6 Å². The van der Waals surface area contributed by atoms with Gasteiger partial charge in [-0.2, -0.15) is 4.98 Å². The molecule has 1 heterocycles. The zero-order valence-corrected chi connectivity index (χ0v) is 18.1. The van der Waals surface area contributed by atoms with Gasteiger partial charge in [0.2, 0.25) is 21.7 Å². The summed E-state index contributed by atoms with van der Waals surface area (Å²) in [6, 6.07) is 8.45. The van der Waals surface area contributed by atoms with Crippen molar-refractivity contribution < 1.29 is 27.3 Å². The van der Waals surface area contributed by atoms with Gasteiger partial charge >= 0.3 is 0 Å². The maximum atomic E-state index is 13.2. The van der Waals surface area contributed by atoms with E-state index in [1.54, 1.807) is 18.2 Å². The monoisotopic (exact) mass is 460 g/mol. The zero-order chi connectivity index (χ0) is 22.9. The fourth-order valence-corrected chi connectivity index (χ4v) is 4.35. The Hall–Kier alpha value is -3.51. The molecule has 1 fully saturated rings. The van der Waals surface area contributed by atoms with E-state index in [9.17, 15) is 18.5 Å². The Labute approximate surface area is 183 Å². The van der Waals surface area contributed by atoms with Crippen molar-refractivity contribution in [2.75, 3.05) is 14.2 Å². The first kappa shape index (κ1) is 21.7. The lowest BCUT2D eigenvalue weighted by molar-refractivity contribution is -0.385. The summed E-state index contributed by atoms with van der Waals surface area (Å²) in [6.45, 7) is -0.114. The molecule has 168 valence electrons. The Bertz CT molecular complexity index is 1270. The fraction of sp³-hybridized carbons (Fsp3) is 0.300. The number of rotatable bonds is 9. The number of sulfonamides is 1. The van der Waals surface area contributed by atoms with Crippen molar-refractivity contribution in [3.05, 3.63) is 58.0 Å². The molecule has 1 N–H and O–H groups in total. The summed E-state index contributed by atoms with van der Waals surface area (Å²) >= 11 is 0. The Balaban J connectivity index is 1.68. The van der Waals surface area contributed by atoms with E-state index in [1.807, 2.05) is 0 Å². The fourth-order valence-electron chi connectivity index (χ4n) is 3.12. The van der Waals surface area contributed by atoms with Gasteiger partial charge in [-0.25, -0.2) is 13.1 Å². The van der Waals surface area contributed by atoms with E-state index >= 15 is 0 Å². The lowest BCUT2D eigenvalue weighted by atomic mass is 10.2. The van der Waals surface area contributed by atoms with Gasteiger partial charge in [-0.1, -0.05) is 11.2 Å². The van der Waals surface area contributed by atoms with Gasteiger partial charge in [-0.15, -0.1) is 0 Å². The Morgan fingerprint density at radius 2 is 1.97 bits per heavy atom. The second kappa shape index (κ2) is 8.55. The lowest BCUT2D eigenvalue weighted by Gasteiger charge is -2.13. The van der Waals surface area contributed by atoms with Gasteiger partial charge in [0.15, 0.2) is 0 Å². The number of nitrogens with one attached hydrogen (secondary N) is 1. The Morgan fingerprint density at radius 3 is 2.62 bits per heavy atom. The summed E-state index contributed by atoms with van der Waals surface area (Å²) in [5, 5.41) is 15.1. The minimum absolute atomic E-state index is 0.0594. The van der Waals surface area contributed by atoms with Crippen LogP contribution in [0.4, 0.5) is 5.69 Å². The molecule has 0 saturated heterocycles. The number of aromatic nitrogens is 2. The molecule has 11 nitrogen and oxygen atoms in total. The van der Waals surface area contributed by atoms with Crippen molar-refractivity contribution >= 4 is 15.7 Å². The number of ether oxygens (including phenoxy) is 2. The number of nitro groups is 1. The van der Waals surface area contributed by atoms with Crippen LogP contribution < -0.4 is 14.2 Å². The van der Waals surface area contributed by atoms with Crippen LogP contribution in [0.25, 0.3) is 11.4 Å². The molecule has 32 heavy (non-hydrogen) atoms. The van der Waals surface area contributed by atoms with Gasteiger partial charge in [0.1, 0.15) is 11.5 Å². The van der Waals surface area contributed by atoms with Crippen molar-refractivity contribution in [1.29, 1.82) is 0 Å². The molecule has 1 aliphatic carbocycles. The third-order valence-corrected chi connectivity index (χ3v) is 6.46. The Morgan fingerprint density at radius 1 is 1.19 bits per heavy atom. The first-order chi connectivity index (χ1) is 15.3. The average molecular weight is 460 g/mol. The second-order valence-corrected chi connectivity index (χ2v) is 8.91. The van der Waals surface area contributed by atoms with Gasteiger partial charge in [0.25, 0.3) is 5.69 Å². The molecule has 0 radical (unpaired) electrons. The largest absolute Gasteiger partial charge is 0.497 e. The van der Waals surface area contributed by atoms with Crippen LogP contribution in [0.5, 0.6) is 11.5 Å². The van der Waals surface area contributed by atoms with Crippen LogP contribution in [-0.4, -0.2) is 37.7 Å².